The lowest BCUT2D eigenvalue weighted by molar-refractivity contribution is -0.149. The molecular weight excluding hydrogens is 354 g/mol. The number of nitrogens with zero attached hydrogens (tertiary/aromatic N) is 1. The van der Waals surface area contributed by atoms with Crippen LogP contribution in [-0.2, 0) is 19.1 Å². The van der Waals surface area contributed by atoms with Crippen molar-refractivity contribution in [2.45, 2.75) is 64.2 Å². The van der Waals surface area contributed by atoms with E-state index in [0.29, 0.717) is 18.3 Å². The fourth-order valence-electron chi connectivity index (χ4n) is 6.12. The monoisotopic (exact) mass is 392 g/mol. The van der Waals surface area contributed by atoms with Gasteiger partial charge in [0.05, 0.1) is 13.2 Å². The zero-order chi connectivity index (χ0) is 20.1. The van der Waals surface area contributed by atoms with Crippen LogP contribution in [0.1, 0.15) is 64.2 Å². The van der Waals surface area contributed by atoms with E-state index in [-0.39, 0.29) is 31.1 Å². The zero-order valence-electron chi connectivity index (χ0n) is 17.8. The van der Waals surface area contributed by atoms with Crippen LogP contribution in [-0.4, -0.2) is 50.7 Å². The average Bonchev–Trinajstić information content (AvgIpc) is 2.61. The number of esters is 2. The molecule has 4 rings (SSSR count). The summed E-state index contributed by atoms with van der Waals surface area (Å²) in [6.07, 6.45) is 11.0. The lowest BCUT2D eigenvalue weighted by Crippen LogP contribution is -2.46. The quantitative estimate of drug-likeness (QED) is 0.500. The van der Waals surface area contributed by atoms with Crippen molar-refractivity contribution in [3.63, 3.8) is 0 Å². The van der Waals surface area contributed by atoms with Crippen LogP contribution in [0.3, 0.4) is 0 Å². The minimum Gasteiger partial charge on any atom is -0.465 e. The molecule has 5 heteroatoms. The third-order valence-electron chi connectivity index (χ3n) is 6.97. The standard InChI is InChI=1S/C23H38NO4/c1-17(15-27-21(25)5-4-8-24(2)3)16-28-22(26)6-7-23-12-18-9-19(13-23)11-20(10-18)14-23/h17-20H,1,4-16H2,2-3H3. The van der Waals surface area contributed by atoms with Crippen LogP contribution in [0.5, 0.6) is 0 Å². The van der Waals surface area contributed by atoms with Crippen LogP contribution in [0.4, 0.5) is 0 Å². The van der Waals surface area contributed by atoms with Crippen molar-refractivity contribution in [2.24, 2.45) is 29.1 Å². The van der Waals surface area contributed by atoms with Gasteiger partial charge in [0.15, 0.2) is 0 Å². The maximum absolute atomic E-state index is 12.2. The van der Waals surface area contributed by atoms with E-state index in [9.17, 15) is 9.59 Å². The fourth-order valence-corrected chi connectivity index (χ4v) is 6.12. The van der Waals surface area contributed by atoms with Gasteiger partial charge in [-0.3, -0.25) is 9.59 Å². The van der Waals surface area contributed by atoms with Crippen LogP contribution in [0.15, 0.2) is 0 Å². The molecule has 0 aromatic rings. The predicted octanol–water partition coefficient (Wildman–Crippen LogP) is 3.86. The highest BCUT2D eigenvalue weighted by molar-refractivity contribution is 5.69. The number of hydrogen-bond acceptors (Lipinski definition) is 5. The zero-order valence-corrected chi connectivity index (χ0v) is 17.8. The van der Waals surface area contributed by atoms with Gasteiger partial charge in [-0.15, -0.1) is 0 Å². The first-order chi connectivity index (χ1) is 13.3. The Morgan fingerprint density at radius 2 is 1.46 bits per heavy atom. The fraction of sp³-hybridized carbons (Fsp3) is 0.870. The van der Waals surface area contributed by atoms with E-state index < -0.39 is 0 Å². The van der Waals surface area contributed by atoms with Crippen LogP contribution in [0.2, 0.25) is 0 Å². The Morgan fingerprint density at radius 3 is 1.96 bits per heavy atom. The number of hydrogen-bond donors (Lipinski definition) is 0. The van der Waals surface area contributed by atoms with Gasteiger partial charge in [-0.25, -0.2) is 0 Å². The van der Waals surface area contributed by atoms with Gasteiger partial charge in [0, 0.05) is 18.8 Å². The highest BCUT2D eigenvalue weighted by atomic mass is 16.5. The van der Waals surface area contributed by atoms with Gasteiger partial charge in [-0.05, 0) is 102 Å². The summed E-state index contributed by atoms with van der Waals surface area (Å²) in [4.78, 5) is 26.0. The molecule has 4 bridgehead atoms. The van der Waals surface area contributed by atoms with Crippen molar-refractivity contribution in [1.29, 1.82) is 0 Å². The molecular formula is C23H38NO4. The molecule has 0 heterocycles. The summed E-state index contributed by atoms with van der Waals surface area (Å²) in [5.41, 5.74) is 0.416. The van der Waals surface area contributed by atoms with Gasteiger partial charge in [-0.2, -0.15) is 0 Å². The van der Waals surface area contributed by atoms with E-state index in [0.717, 1.165) is 37.1 Å². The highest BCUT2D eigenvalue weighted by Gasteiger charge is 2.50. The Balaban J connectivity index is 1.28. The molecule has 28 heavy (non-hydrogen) atoms. The lowest BCUT2D eigenvalue weighted by atomic mass is 9.48. The van der Waals surface area contributed by atoms with Crippen LogP contribution >= 0.6 is 0 Å². The largest absolute Gasteiger partial charge is 0.465 e. The molecule has 4 aliphatic rings. The Kier molecular flexibility index (Phi) is 7.41. The van der Waals surface area contributed by atoms with Gasteiger partial charge in [-0.1, -0.05) is 0 Å². The first-order valence-electron chi connectivity index (χ1n) is 11.1. The second kappa shape index (κ2) is 9.60. The molecule has 159 valence electrons. The molecule has 0 N–H and O–H groups in total. The minimum atomic E-state index is -0.207. The summed E-state index contributed by atoms with van der Waals surface area (Å²) in [5, 5.41) is 0. The summed E-state index contributed by atoms with van der Waals surface area (Å²) in [7, 11) is 3.96. The predicted molar refractivity (Wildman–Crippen MR) is 108 cm³/mol. The first kappa shape index (κ1) is 21.6. The molecule has 4 fully saturated rings. The van der Waals surface area contributed by atoms with Gasteiger partial charge >= 0.3 is 11.9 Å². The van der Waals surface area contributed by atoms with Gasteiger partial charge < -0.3 is 14.4 Å². The molecule has 1 radical (unpaired) electrons. The first-order valence-corrected chi connectivity index (χ1v) is 11.1. The number of rotatable bonds is 11. The SMILES string of the molecule is [CH2]C(COC(=O)CCCN(C)C)COC(=O)CCC12CC3CC(CC(C3)C1)C2. The van der Waals surface area contributed by atoms with Crippen molar-refractivity contribution in [2.75, 3.05) is 33.9 Å². The average molecular weight is 393 g/mol. The second-order valence-corrected chi connectivity index (χ2v) is 10.1. The van der Waals surface area contributed by atoms with Gasteiger partial charge in [0.2, 0.25) is 0 Å². The van der Waals surface area contributed by atoms with Crippen LogP contribution in [0, 0.1) is 36.0 Å². The second-order valence-electron chi connectivity index (χ2n) is 10.1. The number of carbonyl (C=O) groups is 2. The Labute approximate surface area is 170 Å². The van der Waals surface area contributed by atoms with Gasteiger partial charge in [0.25, 0.3) is 0 Å². The van der Waals surface area contributed by atoms with Crippen molar-refractivity contribution >= 4 is 11.9 Å². The normalized spacial score (nSPS) is 31.8. The number of ether oxygens (including phenoxy) is 2. The van der Waals surface area contributed by atoms with Crippen LogP contribution < -0.4 is 0 Å². The van der Waals surface area contributed by atoms with Crippen molar-refractivity contribution in [1.82, 2.24) is 4.90 Å². The van der Waals surface area contributed by atoms with E-state index in [1.165, 1.54) is 38.5 Å². The van der Waals surface area contributed by atoms with E-state index >= 15 is 0 Å². The summed E-state index contributed by atoms with van der Waals surface area (Å²) in [5.74, 6) is 2.21. The molecule has 5 nitrogen and oxygen atoms in total. The molecule has 0 aromatic carbocycles. The van der Waals surface area contributed by atoms with Crippen molar-refractivity contribution in [3.05, 3.63) is 6.92 Å². The molecule has 0 aliphatic heterocycles. The number of carbonyl (C=O) groups excluding carboxylic acids is 2. The smallest absolute Gasteiger partial charge is 0.305 e. The maximum Gasteiger partial charge on any atom is 0.305 e. The summed E-state index contributed by atoms with van der Waals surface area (Å²) in [6.45, 7) is 5.25. The molecule has 0 aromatic heterocycles. The van der Waals surface area contributed by atoms with Gasteiger partial charge in [0.1, 0.15) is 0 Å². The Bertz CT molecular complexity index is 509. The molecule has 1 atom stereocenters. The maximum atomic E-state index is 12.2. The highest BCUT2D eigenvalue weighted by Crippen LogP contribution is 2.61. The van der Waals surface area contributed by atoms with E-state index in [4.69, 9.17) is 9.47 Å². The van der Waals surface area contributed by atoms with E-state index in [2.05, 4.69) is 6.92 Å². The Hall–Kier alpha value is -1.10. The molecule has 0 amide bonds. The van der Waals surface area contributed by atoms with E-state index in [1.54, 1.807) is 0 Å². The van der Waals surface area contributed by atoms with Crippen molar-refractivity contribution < 1.29 is 19.1 Å². The summed E-state index contributed by atoms with van der Waals surface area (Å²) >= 11 is 0. The van der Waals surface area contributed by atoms with Crippen molar-refractivity contribution in [3.8, 4) is 0 Å². The molecule has 0 spiro atoms. The lowest BCUT2D eigenvalue weighted by Gasteiger charge is -2.57. The molecule has 4 saturated carbocycles. The topological polar surface area (TPSA) is 55.8 Å². The van der Waals surface area contributed by atoms with E-state index in [1.807, 2.05) is 19.0 Å². The van der Waals surface area contributed by atoms with Crippen LogP contribution in [0.25, 0.3) is 0 Å². The Morgan fingerprint density at radius 1 is 0.964 bits per heavy atom. The molecule has 0 saturated heterocycles. The molecule has 4 aliphatic carbocycles. The molecule has 1 unspecified atom stereocenters. The third-order valence-corrected chi connectivity index (χ3v) is 6.97. The summed E-state index contributed by atoms with van der Waals surface area (Å²) in [6, 6.07) is 0. The summed E-state index contributed by atoms with van der Waals surface area (Å²) < 4.78 is 10.6. The minimum absolute atomic E-state index is 0.123. The third kappa shape index (κ3) is 6.20.